The van der Waals surface area contributed by atoms with E-state index in [2.05, 4.69) is 5.32 Å². The van der Waals surface area contributed by atoms with Crippen LogP contribution in [0.3, 0.4) is 0 Å². The maximum absolute atomic E-state index is 12.5. The summed E-state index contributed by atoms with van der Waals surface area (Å²) in [6.07, 6.45) is 9.86. The lowest BCUT2D eigenvalue weighted by Gasteiger charge is -2.33. The lowest BCUT2D eigenvalue weighted by Crippen LogP contribution is -2.51. The lowest BCUT2D eigenvalue weighted by atomic mass is 9.83. The highest BCUT2D eigenvalue weighted by Crippen LogP contribution is 2.39. The lowest BCUT2D eigenvalue weighted by molar-refractivity contribution is -0.141. The van der Waals surface area contributed by atoms with Crippen LogP contribution < -0.4 is 5.32 Å². The van der Waals surface area contributed by atoms with Gasteiger partial charge in [-0.1, -0.05) is 32.1 Å². The summed E-state index contributed by atoms with van der Waals surface area (Å²) in [4.78, 5) is 25.6. The van der Waals surface area contributed by atoms with Crippen molar-refractivity contribution in [2.24, 2.45) is 11.8 Å². The normalized spacial score (nSPS) is 32.4. The maximum Gasteiger partial charge on any atom is 0.326 e. The summed E-state index contributed by atoms with van der Waals surface area (Å²) in [5.74, 6) is 0.303. The molecule has 0 spiro atoms. The minimum Gasteiger partial charge on any atom is -0.480 e. The number of nitrogens with zero attached hydrogens (tertiary/aromatic N) is 1. The van der Waals surface area contributed by atoms with Gasteiger partial charge in [0.2, 0.25) is 0 Å². The zero-order valence-electron chi connectivity index (χ0n) is 12.6. The number of carbonyl (C=O) groups is 2. The Morgan fingerprint density at radius 3 is 2.52 bits per heavy atom. The zero-order chi connectivity index (χ0) is 14.8. The third-order valence-corrected chi connectivity index (χ3v) is 5.66. The van der Waals surface area contributed by atoms with E-state index in [-0.39, 0.29) is 12.1 Å². The van der Waals surface area contributed by atoms with E-state index in [0.29, 0.717) is 18.9 Å². The van der Waals surface area contributed by atoms with Crippen LogP contribution in [-0.2, 0) is 4.79 Å². The zero-order valence-corrected chi connectivity index (χ0v) is 12.6. The Kier molecular flexibility index (Phi) is 4.36. The van der Waals surface area contributed by atoms with Crippen LogP contribution in [0, 0.1) is 11.8 Å². The molecule has 21 heavy (non-hydrogen) atoms. The molecule has 5 heteroatoms. The maximum atomic E-state index is 12.5. The van der Waals surface area contributed by atoms with E-state index in [0.717, 1.165) is 31.6 Å². The largest absolute Gasteiger partial charge is 0.480 e. The fraction of sp³-hybridized carbons (Fsp3) is 0.875. The van der Waals surface area contributed by atoms with E-state index in [1.165, 1.54) is 25.7 Å². The number of carboxylic acid groups (broad SMARTS) is 1. The van der Waals surface area contributed by atoms with E-state index in [4.69, 9.17) is 0 Å². The van der Waals surface area contributed by atoms with Crippen molar-refractivity contribution in [2.45, 2.75) is 69.9 Å². The highest BCUT2D eigenvalue weighted by atomic mass is 16.4. The first-order chi connectivity index (χ1) is 10.2. The van der Waals surface area contributed by atoms with E-state index < -0.39 is 12.0 Å². The van der Waals surface area contributed by atoms with Crippen LogP contribution in [0.1, 0.15) is 57.8 Å². The number of carboxylic acids is 1. The number of hydrogen-bond donors (Lipinski definition) is 2. The molecule has 0 aromatic heterocycles. The number of rotatable bonds is 4. The average Bonchev–Trinajstić information content (AvgIpc) is 2.81. The van der Waals surface area contributed by atoms with Gasteiger partial charge in [-0.25, -0.2) is 9.59 Å². The molecule has 3 fully saturated rings. The van der Waals surface area contributed by atoms with Gasteiger partial charge in [0.15, 0.2) is 0 Å². The Morgan fingerprint density at radius 2 is 1.86 bits per heavy atom. The van der Waals surface area contributed by atoms with Gasteiger partial charge >= 0.3 is 12.0 Å². The Bertz CT molecular complexity index is 408. The SMILES string of the molecule is O=C(O)C1CC2CCCCC2N1C(=O)NCCC1CCC1. The predicted molar refractivity (Wildman–Crippen MR) is 79.0 cm³/mol. The van der Waals surface area contributed by atoms with Crippen LogP contribution in [0.5, 0.6) is 0 Å². The molecule has 0 aromatic rings. The molecule has 2 aliphatic carbocycles. The summed E-state index contributed by atoms with van der Waals surface area (Å²) in [6, 6.07) is -0.638. The molecule has 0 aromatic carbocycles. The van der Waals surface area contributed by atoms with Crippen LogP contribution in [-0.4, -0.2) is 40.6 Å². The number of fused-ring (bicyclic) bond motifs is 1. The fourth-order valence-electron chi connectivity index (χ4n) is 4.23. The van der Waals surface area contributed by atoms with E-state index in [1.807, 2.05) is 0 Å². The molecular formula is C16H26N2O3. The van der Waals surface area contributed by atoms with Crippen LogP contribution >= 0.6 is 0 Å². The summed E-state index contributed by atoms with van der Waals surface area (Å²) in [7, 11) is 0. The van der Waals surface area contributed by atoms with Gasteiger partial charge in [-0.05, 0) is 37.5 Å². The van der Waals surface area contributed by atoms with Gasteiger partial charge < -0.3 is 15.3 Å². The Labute approximate surface area is 126 Å². The smallest absolute Gasteiger partial charge is 0.326 e. The molecular weight excluding hydrogens is 268 g/mol. The fourth-order valence-corrected chi connectivity index (χ4v) is 4.23. The average molecular weight is 294 g/mol. The van der Waals surface area contributed by atoms with Crippen molar-refractivity contribution in [2.75, 3.05) is 6.54 Å². The first-order valence-electron chi connectivity index (χ1n) is 8.46. The first kappa shape index (κ1) is 14.7. The minimum absolute atomic E-state index is 0.142. The van der Waals surface area contributed by atoms with E-state index in [1.54, 1.807) is 4.90 Å². The predicted octanol–water partition coefficient (Wildman–Crippen LogP) is 2.60. The van der Waals surface area contributed by atoms with Crippen LogP contribution in [0.15, 0.2) is 0 Å². The van der Waals surface area contributed by atoms with Crippen molar-refractivity contribution in [1.82, 2.24) is 10.2 Å². The third-order valence-electron chi connectivity index (χ3n) is 5.66. The summed E-state index contributed by atoms with van der Waals surface area (Å²) in [6.45, 7) is 0.684. The molecule has 1 heterocycles. The van der Waals surface area contributed by atoms with Gasteiger partial charge in [0.25, 0.3) is 0 Å². The number of likely N-dealkylation sites (tertiary alicyclic amines) is 1. The van der Waals surface area contributed by atoms with Crippen molar-refractivity contribution in [3.05, 3.63) is 0 Å². The molecule has 1 aliphatic heterocycles. The highest BCUT2D eigenvalue weighted by Gasteiger charge is 2.47. The van der Waals surface area contributed by atoms with Crippen molar-refractivity contribution >= 4 is 12.0 Å². The second-order valence-electron chi connectivity index (χ2n) is 6.93. The Balaban J connectivity index is 1.58. The van der Waals surface area contributed by atoms with Gasteiger partial charge in [0.1, 0.15) is 6.04 Å². The minimum atomic E-state index is -0.849. The van der Waals surface area contributed by atoms with Crippen molar-refractivity contribution in [3.8, 4) is 0 Å². The first-order valence-corrected chi connectivity index (χ1v) is 8.46. The topological polar surface area (TPSA) is 69.6 Å². The summed E-state index contributed by atoms with van der Waals surface area (Å²) in [5, 5.41) is 12.4. The van der Waals surface area contributed by atoms with Crippen molar-refractivity contribution < 1.29 is 14.7 Å². The quantitative estimate of drug-likeness (QED) is 0.837. The Hall–Kier alpha value is -1.26. The second-order valence-corrected chi connectivity index (χ2v) is 6.93. The molecule has 3 atom stereocenters. The van der Waals surface area contributed by atoms with E-state index >= 15 is 0 Å². The number of nitrogens with one attached hydrogen (secondary N) is 1. The number of carbonyl (C=O) groups excluding carboxylic acids is 1. The van der Waals surface area contributed by atoms with Gasteiger partial charge in [-0.2, -0.15) is 0 Å². The number of urea groups is 1. The van der Waals surface area contributed by atoms with Crippen molar-refractivity contribution in [1.29, 1.82) is 0 Å². The summed E-state index contributed by atoms with van der Waals surface area (Å²) >= 11 is 0. The van der Waals surface area contributed by atoms with Gasteiger partial charge in [0.05, 0.1) is 0 Å². The molecule has 5 nitrogen and oxygen atoms in total. The van der Waals surface area contributed by atoms with Crippen molar-refractivity contribution in [3.63, 3.8) is 0 Å². The second kappa shape index (κ2) is 6.24. The summed E-state index contributed by atoms with van der Waals surface area (Å²) in [5.41, 5.74) is 0. The number of aliphatic carboxylic acids is 1. The molecule has 2 saturated carbocycles. The number of hydrogen-bond acceptors (Lipinski definition) is 2. The highest BCUT2D eigenvalue weighted by molar-refractivity contribution is 5.83. The molecule has 0 bridgehead atoms. The monoisotopic (exact) mass is 294 g/mol. The van der Waals surface area contributed by atoms with Crippen LogP contribution in [0.4, 0.5) is 4.79 Å². The molecule has 3 aliphatic rings. The standard InChI is InChI=1S/C16H26N2O3/c19-15(20)14-10-12-6-1-2-7-13(12)18(14)16(21)17-9-8-11-4-3-5-11/h11-14H,1-10H2,(H,17,21)(H,19,20). The van der Waals surface area contributed by atoms with Gasteiger partial charge in [0, 0.05) is 12.6 Å². The van der Waals surface area contributed by atoms with Crippen LogP contribution in [0.2, 0.25) is 0 Å². The molecule has 3 unspecified atom stereocenters. The molecule has 2 N–H and O–H groups in total. The third kappa shape index (κ3) is 3.01. The van der Waals surface area contributed by atoms with E-state index in [9.17, 15) is 14.7 Å². The molecule has 2 amide bonds. The van der Waals surface area contributed by atoms with Gasteiger partial charge in [-0.15, -0.1) is 0 Å². The summed E-state index contributed by atoms with van der Waals surface area (Å²) < 4.78 is 0. The Morgan fingerprint density at radius 1 is 1.10 bits per heavy atom. The molecule has 118 valence electrons. The van der Waals surface area contributed by atoms with Crippen LogP contribution in [0.25, 0.3) is 0 Å². The molecule has 3 rings (SSSR count). The molecule has 0 radical (unpaired) electrons. The number of amides is 2. The molecule has 1 saturated heterocycles. The van der Waals surface area contributed by atoms with Gasteiger partial charge in [-0.3, -0.25) is 0 Å².